The number of hydrogen-bond acceptors (Lipinski definition) is 3. The van der Waals surface area contributed by atoms with Crippen molar-refractivity contribution < 1.29 is 19.0 Å². The van der Waals surface area contributed by atoms with E-state index in [-0.39, 0.29) is 17.5 Å². The van der Waals surface area contributed by atoms with Crippen LogP contribution in [0.2, 0.25) is 0 Å². The minimum atomic E-state index is -1.07. The number of hydrogen-bond donors (Lipinski definition) is 1. The minimum absolute atomic E-state index is 0.173. The molecule has 0 aliphatic rings. The van der Waals surface area contributed by atoms with Crippen molar-refractivity contribution in [3.8, 4) is 0 Å². The summed E-state index contributed by atoms with van der Waals surface area (Å²) in [6.45, 7) is 1.94. The smallest absolute Gasteiger partial charge is 0.308 e. The summed E-state index contributed by atoms with van der Waals surface area (Å²) >= 11 is 3.02. The molecule has 1 rings (SSSR count). The zero-order chi connectivity index (χ0) is 12.1. The van der Waals surface area contributed by atoms with Crippen molar-refractivity contribution in [3.05, 3.63) is 34.1 Å². The van der Waals surface area contributed by atoms with Gasteiger partial charge >= 0.3 is 5.97 Å². The zero-order valence-electron chi connectivity index (χ0n) is 8.74. The maximum Gasteiger partial charge on any atom is 0.308 e. The molecule has 1 aromatic carbocycles. The largest absolute Gasteiger partial charge is 0.466 e. The molecule has 1 unspecified atom stereocenters. The van der Waals surface area contributed by atoms with Crippen molar-refractivity contribution >= 4 is 21.9 Å². The third-order valence-electron chi connectivity index (χ3n) is 2.01. The summed E-state index contributed by atoms with van der Waals surface area (Å²) in [6, 6.07) is 4.30. The van der Waals surface area contributed by atoms with Crippen molar-refractivity contribution in [1.29, 1.82) is 0 Å². The molecule has 0 heterocycles. The number of carbonyl (C=O) groups is 1. The summed E-state index contributed by atoms with van der Waals surface area (Å²) in [4.78, 5) is 11.1. The average molecular weight is 291 g/mol. The first-order valence-corrected chi connectivity index (χ1v) is 5.63. The monoisotopic (exact) mass is 290 g/mol. The first kappa shape index (κ1) is 13.1. The summed E-state index contributed by atoms with van der Waals surface area (Å²) in [6.07, 6.45) is -1.25. The minimum Gasteiger partial charge on any atom is -0.466 e. The van der Waals surface area contributed by atoms with Crippen LogP contribution in [0.5, 0.6) is 0 Å². The predicted octanol–water partition coefficient (Wildman–Crippen LogP) is 2.57. The van der Waals surface area contributed by atoms with Crippen LogP contribution in [0.3, 0.4) is 0 Å². The fourth-order valence-corrected chi connectivity index (χ4v) is 1.79. The Morgan fingerprint density at radius 3 is 2.94 bits per heavy atom. The van der Waals surface area contributed by atoms with Gasteiger partial charge in [0.25, 0.3) is 0 Å². The summed E-state index contributed by atoms with van der Waals surface area (Å²) in [7, 11) is 0. The van der Waals surface area contributed by atoms with E-state index in [0.717, 1.165) is 0 Å². The predicted molar refractivity (Wildman–Crippen MR) is 60.3 cm³/mol. The van der Waals surface area contributed by atoms with Gasteiger partial charge in [0.05, 0.1) is 23.6 Å². The molecule has 0 aromatic heterocycles. The molecular weight excluding hydrogens is 279 g/mol. The molecule has 88 valence electrons. The van der Waals surface area contributed by atoms with Gasteiger partial charge in [0.15, 0.2) is 0 Å². The number of ether oxygens (including phenoxy) is 1. The fraction of sp³-hybridized carbons (Fsp3) is 0.364. The molecule has 0 saturated carbocycles. The lowest BCUT2D eigenvalue weighted by atomic mass is 10.1. The highest BCUT2D eigenvalue weighted by molar-refractivity contribution is 9.10. The van der Waals surface area contributed by atoms with E-state index in [0.29, 0.717) is 5.56 Å². The second-order valence-corrected chi connectivity index (χ2v) is 3.96. The molecule has 1 N–H and O–H groups in total. The van der Waals surface area contributed by atoms with Gasteiger partial charge in [-0.15, -0.1) is 0 Å². The first-order valence-electron chi connectivity index (χ1n) is 4.83. The van der Waals surface area contributed by atoms with Gasteiger partial charge in [-0.05, 0) is 34.5 Å². The Balaban J connectivity index is 2.76. The van der Waals surface area contributed by atoms with Gasteiger partial charge in [-0.2, -0.15) is 0 Å². The molecule has 0 saturated heterocycles. The first-order chi connectivity index (χ1) is 7.56. The lowest BCUT2D eigenvalue weighted by Crippen LogP contribution is -2.10. The van der Waals surface area contributed by atoms with E-state index >= 15 is 0 Å². The van der Waals surface area contributed by atoms with E-state index in [4.69, 9.17) is 4.74 Å². The fourth-order valence-electron chi connectivity index (χ4n) is 1.27. The average Bonchev–Trinajstić information content (AvgIpc) is 2.22. The normalized spacial score (nSPS) is 12.2. The van der Waals surface area contributed by atoms with Gasteiger partial charge < -0.3 is 9.84 Å². The molecular formula is C11H12BrFO3. The molecule has 0 aliphatic heterocycles. The topological polar surface area (TPSA) is 46.5 Å². The van der Waals surface area contributed by atoms with Crippen LogP contribution in [0.25, 0.3) is 0 Å². The van der Waals surface area contributed by atoms with Crippen molar-refractivity contribution in [2.45, 2.75) is 19.4 Å². The summed E-state index contributed by atoms with van der Waals surface area (Å²) in [5.41, 5.74) is 0.341. The Morgan fingerprint density at radius 2 is 2.31 bits per heavy atom. The lowest BCUT2D eigenvalue weighted by molar-refractivity contribution is -0.145. The standard InChI is InChI=1S/C11H12BrFO3/c1-2-16-10(15)6-9(14)7-4-3-5-8(13)11(7)12/h3-5,9,14H,2,6H2,1H3. The maximum absolute atomic E-state index is 13.2. The van der Waals surface area contributed by atoms with Crippen LogP contribution in [-0.2, 0) is 9.53 Å². The van der Waals surface area contributed by atoms with Crippen LogP contribution in [0.4, 0.5) is 4.39 Å². The number of esters is 1. The van der Waals surface area contributed by atoms with Gasteiger partial charge in [0.1, 0.15) is 5.82 Å². The van der Waals surface area contributed by atoms with Crippen LogP contribution in [0, 0.1) is 5.82 Å². The number of aliphatic hydroxyl groups is 1. The molecule has 16 heavy (non-hydrogen) atoms. The highest BCUT2D eigenvalue weighted by atomic mass is 79.9. The van der Waals surface area contributed by atoms with Crippen LogP contribution < -0.4 is 0 Å². The molecule has 0 radical (unpaired) electrons. The van der Waals surface area contributed by atoms with Crippen LogP contribution in [-0.4, -0.2) is 17.7 Å². The van der Waals surface area contributed by atoms with Gasteiger partial charge in [-0.25, -0.2) is 4.39 Å². The number of halogens is 2. The third kappa shape index (κ3) is 3.28. The van der Waals surface area contributed by atoms with Crippen LogP contribution in [0.15, 0.2) is 22.7 Å². The molecule has 0 spiro atoms. The molecule has 5 heteroatoms. The van der Waals surface area contributed by atoms with Gasteiger partial charge in [-0.3, -0.25) is 4.79 Å². The van der Waals surface area contributed by atoms with E-state index < -0.39 is 17.9 Å². The second kappa shape index (κ2) is 5.96. The molecule has 0 amide bonds. The van der Waals surface area contributed by atoms with Crippen molar-refractivity contribution in [2.75, 3.05) is 6.61 Å². The Morgan fingerprint density at radius 1 is 1.62 bits per heavy atom. The van der Waals surface area contributed by atoms with Gasteiger partial charge in [0, 0.05) is 0 Å². The molecule has 0 aliphatic carbocycles. The van der Waals surface area contributed by atoms with E-state index in [1.54, 1.807) is 13.0 Å². The van der Waals surface area contributed by atoms with E-state index in [9.17, 15) is 14.3 Å². The number of benzene rings is 1. The quantitative estimate of drug-likeness (QED) is 0.867. The summed E-state index contributed by atoms with van der Waals surface area (Å²) in [5.74, 6) is -0.980. The number of rotatable bonds is 4. The van der Waals surface area contributed by atoms with E-state index in [1.807, 2.05) is 0 Å². The number of aliphatic hydroxyl groups excluding tert-OH is 1. The summed E-state index contributed by atoms with van der Waals surface area (Å²) < 4.78 is 18.0. The Hall–Kier alpha value is -0.940. The third-order valence-corrected chi connectivity index (χ3v) is 2.84. The second-order valence-electron chi connectivity index (χ2n) is 3.17. The van der Waals surface area contributed by atoms with Crippen LogP contribution >= 0.6 is 15.9 Å². The molecule has 0 bridgehead atoms. The lowest BCUT2D eigenvalue weighted by Gasteiger charge is -2.12. The SMILES string of the molecule is CCOC(=O)CC(O)c1cccc(F)c1Br. The molecule has 0 fully saturated rings. The number of carbonyl (C=O) groups excluding carboxylic acids is 1. The van der Waals surface area contributed by atoms with E-state index in [2.05, 4.69) is 15.9 Å². The molecule has 3 nitrogen and oxygen atoms in total. The molecule has 1 atom stereocenters. The Labute approximate surface area is 101 Å². The summed E-state index contributed by atoms with van der Waals surface area (Å²) in [5, 5.41) is 9.73. The Kier molecular flexibility index (Phi) is 4.89. The maximum atomic E-state index is 13.2. The highest BCUT2D eigenvalue weighted by Gasteiger charge is 2.17. The zero-order valence-corrected chi connectivity index (χ0v) is 10.3. The Bertz CT molecular complexity index is 381. The van der Waals surface area contributed by atoms with Crippen molar-refractivity contribution in [3.63, 3.8) is 0 Å². The van der Waals surface area contributed by atoms with Crippen molar-refractivity contribution in [1.82, 2.24) is 0 Å². The highest BCUT2D eigenvalue weighted by Crippen LogP contribution is 2.27. The van der Waals surface area contributed by atoms with Crippen molar-refractivity contribution in [2.24, 2.45) is 0 Å². The van der Waals surface area contributed by atoms with Crippen LogP contribution in [0.1, 0.15) is 25.0 Å². The molecule has 1 aromatic rings. The van der Waals surface area contributed by atoms with E-state index in [1.165, 1.54) is 12.1 Å². The van der Waals surface area contributed by atoms with Gasteiger partial charge in [0.2, 0.25) is 0 Å². The van der Waals surface area contributed by atoms with Gasteiger partial charge in [-0.1, -0.05) is 12.1 Å².